The molecule has 1 aliphatic heterocycles. The molecule has 0 aliphatic carbocycles. The first-order valence-corrected chi connectivity index (χ1v) is 11.5. The molecule has 1 aliphatic rings. The molecule has 1 heterocycles. The Morgan fingerprint density at radius 1 is 0.800 bits per heavy atom. The molecule has 1 unspecified atom stereocenters. The Labute approximate surface area is 204 Å². The molecular formula is C29H26N4O2. The Morgan fingerprint density at radius 2 is 1.46 bits per heavy atom. The number of nitrogens with two attached hydrogens (primary N) is 1. The Kier molecular flexibility index (Phi) is 5.57. The molecule has 0 aromatic heterocycles. The minimum Gasteiger partial charge on any atom is -0.384 e. The van der Waals surface area contributed by atoms with Gasteiger partial charge in [0, 0.05) is 12.1 Å². The predicted octanol–water partition coefficient (Wildman–Crippen LogP) is 5.00. The Morgan fingerprint density at radius 3 is 2.14 bits per heavy atom. The van der Waals surface area contributed by atoms with Crippen LogP contribution in [0.25, 0.3) is 10.8 Å². The van der Waals surface area contributed by atoms with Crippen LogP contribution in [0.2, 0.25) is 0 Å². The molecule has 174 valence electrons. The van der Waals surface area contributed by atoms with E-state index in [9.17, 15) is 9.59 Å². The molecule has 3 N–H and O–H groups in total. The van der Waals surface area contributed by atoms with Crippen LogP contribution in [0.3, 0.4) is 0 Å². The van der Waals surface area contributed by atoms with Gasteiger partial charge in [-0.1, -0.05) is 84.9 Å². The van der Waals surface area contributed by atoms with Crippen LogP contribution < -0.4 is 5.73 Å². The highest BCUT2D eigenvalue weighted by atomic mass is 16.2. The lowest BCUT2D eigenvalue weighted by Crippen LogP contribution is -2.43. The van der Waals surface area contributed by atoms with Gasteiger partial charge in [0.15, 0.2) is 0 Å². The molecule has 4 aromatic carbocycles. The van der Waals surface area contributed by atoms with Gasteiger partial charge in [0.2, 0.25) is 0 Å². The van der Waals surface area contributed by atoms with Crippen LogP contribution in [0.1, 0.15) is 29.2 Å². The van der Waals surface area contributed by atoms with Gasteiger partial charge in [-0.15, -0.1) is 0 Å². The van der Waals surface area contributed by atoms with E-state index < -0.39 is 5.54 Å². The van der Waals surface area contributed by atoms with Crippen LogP contribution in [0.15, 0.2) is 97.1 Å². The van der Waals surface area contributed by atoms with Gasteiger partial charge in [-0.05, 0) is 46.5 Å². The number of benzene rings is 4. The first-order valence-electron chi connectivity index (χ1n) is 11.5. The van der Waals surface area contributed by atoms with Gasteiger partial charge in [0.25, 0.3) is 5.91 Å². The van der Waals surface area contributed by atoms with E-state index in [0.717, 1.165) is 27.5 Å². The third-order valence-electron chi connectivity index (χ3n) is 6.74. The SMILES string of the molecule is CC1(c2ccccc2)C(=O)N(Cc2ccc3ccc(C(=N)N)cc3c2)C(=O)N1Cc1ccccc1. The van der Waals surface area contributed by atoms with Crippen LogP contribution in [0.5, 0.6) is 0 Å². The number of rotatable bonds is 6. The fourth-order valence-corrected chi connectivity index (χ4v) is 4.72. The van der Waals surface area contributed by atoms with Crippen LogP contribution in [0.4, 0.5) is 4.79 Å². The Bertz CT molecular complexity index is 1440. The van der Waals surface area contributed by atoms with Crippen LogP contribution in [-0.2, 0) is 23.4 Å². The fraction of sp³-hybridized carbons (Fsp3) is 0.138. The summed E-state index contributed by atoms with van der Waals surface area (Å²) >= 11 is 0. The van der Waals surface area contributed by atoms with Crippen molar-refractivity contribution < 1.29 is 9.59 Å². The molecule has 0 saturated carbocycles. The van der Waals surface area contributed by atoms with E-state index in [2.05, 4.69) is 0 Å². The van der Waals surface area contributed by atoms with E-state index in [-0.39, 0.29) is 24.3 Å². The molecule has 1 saturated heterocycles. The summed E-state index contributed by atoms with van der Waals surface area (Å²) in [7, 11) is 0. The average Bonchev–Trinajstić information content (AvgIpc) is 3.06. The number of imide groups is 1. The van der Waals surface area contributed by atoms with E-state index >= 15 is 0 Å². The largest absolute Gasteiger partial charge is 0.384 e. The highest BCUT2D eigenvalue weighted by Gasteiger charge is 2.55. The molecule has 0 spiro atoms. The zero-order valence-corrected chi connectivity index (χ0v) is 19.4. The topological polar surface area (TPSA) is 90.5 Å². The molecule has 0 radical (unpaired) electrons. The van der Waals surface area contributed by atoms with E-state index in [1.807, 2.05) is 104 Å². The van der Waals surface area contributed by atoms with Crippen LogP contribution in [-0.4, -0.2) is 27.6 Å². The van der Waals surface area contributed by atoms with Crippen molar-refractivity contribution >= 4 is 28.5 Å². The van der Waals surface area contributed by atoms with Crippen molar-refractivity contribution in [2.75, 3.05) is 0 Å². The number of urea groups is 1. The quantitative estimate of drug-likeness (QED) is 0.240. The number of nitrogens with zero attached hydrogens (tertiary/aromatic N) is 2. The number of carbonyl (C=O) groups is 2. The summed E-state index contributed by atoms with van der Waals surface area (Å²) in [6, 6.07) is 30.3. The first kappa shape index (κ1) is 22.3. The molecule has 6 heteroatoms. The van der Waals surface area contributed by atoms with Crippen molar-refractivity contribution in [3.63, 3.8) is 0 Å². The van der Waals surface area contributed by atoms with Crippen molar-refractivity contribution in [1.29, 1.82) is 5.41 Å². The summed E-state index contributed by atoms with van der Waals surface area (Å²) in [6.45, 7) is 2.31. The minimum absolute atomic E-state index is 0.00242. The third kappa shape index (κ3) is 3.93. The summed E-state index contributed by atoms with van der Waals surface area (Å²) in [6.07, 6.45) is 0. The van der Waals surface area contributed by atoms with Crippen LogP contribution >= 0.6 is 0 Å². The lowest BCUT2D eigenvalue weighted by Gasteiger charge is -2.32. The highest BCUT2D eigenvalue weighted by molar-refractivity contribution is 6.07. The summed E-state index contributed by atoms with van der Waals surface area (Å²) in [5.41, 5.74) is 7.74. The zero-order chi connectivity index (χ0) is 24.6. The van der Waals surface area contributed by atoms with E-state index in [1.165, 1.54) is 4.90 Å². The van der Waals surface area contributed by atoms with Gasteiger partial charge < -0.3 is 10.6 Å². The highest BCUT2D eigenvalue weighted by Crippen LogP contribution is 2.39. The second-order valence-corrected chi connectivity index (χ2v) is 8.99. The smallest absolute Gasteiger partial charge is 0.328 e. The molecular weight excluding hydrogens is 436 g/mol. The zero-order valence-electron chi connectivity index (χ0n) is 19.4. The molecule has 1 fully saturated rings. The third-order valence-corrected chi connectivity index (χ3v) is 6.74. The number of carbonyl (C=O) groups excluding carboxylic acids is 2. The maximum absolute atomic E-state index is 13.9. The Balaban J connectivity index is 1.52. The number of amidine groups is 1. The molecule has 5 rings (SSSR count). The Hall–Kier alpha value is -4.45. The maximum atomic E-state index is 13.9. The van der Waals surface area contributed by atoms with Gasteiger partial charge in [-0.25, -0.2) is 4.79 Å². The van der Waals surface area contributed by atoms with E-state index in [4.69, 9.17) is 11.1 Å². The number of amides is 3. The fourth-order valence-electron chi connectivity index (χ4n) is 4.72. The van der Waals surface area contributed by atoms with Crippen molar-refractivity contribution in [1.82, 2.24) is 9.80 Å². The molecule has 1 atom stereocenters. The van der Waals surface area contributed by atoms with E-state index in [1.54, 1.807) is 4.90 Å². The summed E-state index contributed by atoms with van der Waals surface area (Å²) < 4.78 is 0. The van der Waals surface area contributed by atoms with Gasteiger partial charge in [0.05, 0.1) is 6.54 Å². The lowest BCUT2D eigenvalue weighted by atomic mass is 9.90. The van der Waals surface area contributed by atoms with Crippen LogP contribution in [0, 0.1) is 5.41 Å². The number of hydrogen-bond acceptors (Lipinski definition) is 3. The van der Waals surface area contributed by atoms with E-state index in [0.29, 0.717) is 12.1 Å². The average molecular weight is 463 g/mol. The number of nitrogens with one attached hydrogen (secondary N) is 1. The molecule has 4 aromatic rings. The second kappa shape index (κ2) is 8.72. The number of nitrogen functional groups attached to an aromatic ring is 1. The number of hydrogen-bond donors (Lipinski definition) is 2. The second-order valence-electron chi connectivity index (χ2n) is 8.99. The van der Waals surface area contributed by atoms with Crippen molar-refractivity contribution in [2.45, 2.75) is 25.6 Å². The molecule has 3 amide bonds. The molecule has 35 heavy (non-hydrogen) atoms. The first-order chi connectivity index (χ1) is 16.9. The lowest BCUT2D eigenvalue weighted by molar-refractivity contribution is -0.133. The molecule has 0 bridgehead atoms. The summed E-state index contributed by atoms with van der Waals surface area (Å²) in [5, 5.41) is 9.61. The molecule has 6 nitrogen and oxygen atoms in total. The standard InChI is InChI=1S/C29H26N4O2/c1-29(25-10-6-3-7-11-25)27(34)32(28(35)33(29)19-20-8-4-2-5-9-20)18-21-12-13-22-14-15-23(26(30)31)17-24(22)16-21/h2-17H,18-19H2,1H3,(H3,30,31). The van der Waals surface area contributed by atoms with Gasteiger partial charge in [-0.2, -0.15) is 0 Å². The van der Waals surface area contributed by atoms with Gasteiger partial charge in [-0.3, -0.25) is 15.1 Å². The maximum Gasteiger partial charge on any atom is 0.328 e. The normalized spacial score (nSPS) is 17.9. The van der Waals surface area contributed by atoms with Gasteiger partial charge >= 0.3 is 6.03 Å². The monoisotopic (exact) mass is 462 g/mol. The predicted molar refractivity (Wildman–Crippen MR) is 137 cm³/mol. The van der Waals surface area contributed by atoms with Crippen molar-refractivity contribution in [3.05, 3.63) is 119 Å². The van der Waals surface area contributed by atoms with Crippen molar-refractivity contribution in [3.8, 4) is 0 Å². The summed E-state index contributed by atoms with van der Waals surface area (Å²) in [5.74, 6) is -0.250. The van der Waals surface area contributed by atoms with Crippen molar-refractivity contribution in [2.24, 2.45) is 5.73 Å². The number of fused-ring (bicyclic) bond motifs is 1. The van der Waals surface area contributed by atoms with Gasteiger partial charge in [0.1, 0.15) is 11.4 Å². The summed E-state index contributed by atoms with van der Waals surface area (Å²) in [4.78, 5) is 30.6. The minimum atomic E-state index is -1.12.